The van der Waals surface area contributed by atoms with E-state index < -0.39 is 0 Å². The molecule has 0 spiro atoms. The van der Waals surface area contributed by atoms with Crippen LogP contribution in [0.15, 0.2) is 4.63 Å². The Balaban J connectivity index is 2.17. The van der Waals surface area contributed by atoms with Gasteiger partial charge in [0, 0.05) is 13.1 Å². The van der Waals surface area contributed by atoms with Crippen molar-refractivity contribution in [2.75, 3.05) is 13.1 Å². The van der Waals surface area contributed by atoms with Crippen molar-refractivity contribution in [3.8, 4) is 0 Å². The van der Waals surface area contributed by atoms with Crippen molar-refractivity contribution in [3.63, 3.8) is 0 Å². The number of likely N-dealkylation sites (tertiary alicyclic amines) is 1. The second-order valence-electron chi connectivity index (χ2n) is 3.20. The molecular formula is C8H11N3O2. The number of rotatable bonds is 1. The maximum absolute atomic E-state index is 11.7. The highest BCUT2D eigenvalue weighted by molar-refractivity contribution is 5.93. The van der Waals surface area contributed by atoms with Crippen LogP contribution >= 0.6 is 0 Å². The van der Waals surface area contributed by atoms with Gasteiger partial charge in [0.1, 0.15) is 5.69 Å². The molecule has 13 heavy (non-hydrogen) atoms. The Labute approximate surface area is 75.7 Å². The van der Waals surface area contributed by atoms with Gasteiger partial charge < -0.3 is 4.90 Å². The van der Waals surface area contributed by atoms with E-state index in [9.17, 15) is 4.79 Å². The summed E-state index contributed by atoms with van der Waals surface area (Å²) in [7, 11) is 0. The molecule has 5 nitrogen and oxygen atoms in total. The van der Waals surface area contributed by atoms with E-state index in [1.54, 1.807) is 11.8 Å². The van der Waals surface area contributed by atoms with Crippen molar-refractivity contribution in [1.82, 2.24) is 15.2 Å². The number of aromatic nitrogens is 2. The van der Waals surface area contributed by atoms with Crippen molar-refractivity contribution in [2.45, 2.75) is 19.8 Å². The van der Waals surface area contributed by atoms with E-state index in [-0.39, 0.29) is 5.91 Å². The molecule has 5 heteroatoms. The van der Waals surface area contributed by atoms with E-state index in [0.717, 1.165) is 25.9 Å². The Bertz CT molecular complexity index is 315. The van der Waals surface area contributed by atoms with Crippen LogP contribution in [-0.4, -0.2) is 34.2 Å². The van der Waals surface area contributed by atoms with Gasteiger partial charge in [-0.15, -0.1) is 0 Å². The summed E-state index contributed by atoms with van der Waals surface area (Å²) in [5.74, 6) is -0.0590. The molecule has 0 aliphatic carbocycles. The minimum absolute atomic E-state index is 0.0590. The van der Waals surface area contributed by atoms with E-state index in [1.807, 2.05) is 0 Å². The Morgan fingerprint density at radius 2 is 2.08 bits per heavy atom. The maximum atomic E-state index is 11.7. The molecule has 1 aliphatic heterocycles. The van der Waals surface area contributed by atoms with E-state index in [4.69, 9.17) is 0 Å². The van der Waals surface area contributed by atoms with Gasteiger partial charge in [0.2, 0.25) is 0 Å². The molecule has 0 saturated carbocycles. The lowest BCUT2D eigenvalue weighted by Gasteiger charge is -2.12. The molecule has 0 radical (unpaired) electrons. The summed E-state index contributed by atoms with van der Waals surface area (Å²) >= 11 is 0. The minimum Gasteiger partial charge on any atom is -0.337 e. The average molecular weight is 181 g/mol. The van der Waals surface area contributed by atoms with Gasteiger partial charge in [-0.1, -0.05) is 5.16 Å². The van der Waals surface area contributed by atoms with Gasteiger partial charge in [-0.25, -0.2) is 4.63 Å². The van der Waals surface area contributed by atoms with Crippen molar-refractivity contribution in [1.29, 1.82) is 0 Å². The molecule has 0 N–H and O–H groups in total. The van der Waals surface area contributed by atoms with Crippen molar-refractivity contribution >= 4 is 5.91 Å². The van der Waals surface area contributed by atoms with E-state index in [1.165, 1.54) is 0 Å². The van der Waals surface area contributed by atoms with E-state index in [0.29, 0.717) is 11.4 Å². The summed E-state index contributed by atoms with van der Waals surface area (Å²) in [6, 6.07) is 0. The third-order valence-electron chi connectivity index (χ3n) is 2.25. The van der Waals surface area contributed by atoms with Crippen molar-refractivity contribution in [3.05, 3.63) is 11.4 Å². The first-order valence-corrected chi connectivity index (χ1v) is 4.37. The summed E-state index contributed by atoms with van der Waals surface area (Å²) in [5.41, 5.74) is 0.916. The normalized spacial score (nSPS) is 16.5. The Kier molecular flexibility index (Phi) is 2.00. The highest BCUT2D eigenvalue weighted by Crippen LogP contribution is 2.12. The first-order valence-electron chi connectivity index (χ1n) is 4.37. The average Bonchev–Trinajstić information content (AvgIpc) is 2.72. The molecule has 1 amide bonds. The Morgan fingerprint density at radius 3 is 2.62 bits per heavy atom. The van der Waals surface area contributed by atoms with E-state index in [2.05, 4.69) is 14.9 Å². The lowest BCUT2D eigenvalue weighted by atomic mass is 10.3. The van der Waals surface area contributed by atoms with Crippen LogP contribution in [0.3, 0.4) is 0 Å². The predicted octanol–water partition coefficient (Wildman–Crippen LogP) is 0.614. The van der Waals surface area contributed by atoms with Crippen molar-refractivity contribution < 1.29 is 9.42 Å². The second kappa shape index (κ2) is 3.16. The molecule has 0 atom stereocenters. The zero-order valence-electron chi connectivity index (χ0n) is 7.49. The predicted molar refractivity (Wildman–Crippen MR) is 44.2 cm³/mol. The molecule has 1 aromatic heterocycles. The van der Waals surface area contributed by atoms with Crippen LogP contribution in [0.2, 0.25) is 0 Å². The van der Waals surface area contributed by atoms with Crippen LogP contribution in [0.4, 0.5) is 0 Å². The fourth-order valence-electron chi connectivity index (χ4n) is 1.50. The number of amides is 1. The fourth-order valence-corrected chi connectivity index (χ4v) is 1.50. The van der Waals surface area contributed by atoms with Crippen molar-refractivity contribution in [2.24, 2.45) is 0 Å². The molecular weight excluding hydrogens is 170 g/mol. The first-order chi connectivity index (χ1) is 6.29. The molecule has 1 saturated heterocycles. The SMILES string of the molecule is Cc1nonc1C(=O)N1CCCC1. The van der Waals surface area contributed by atoms with Gasteiger partial charge >= 0.3 is 0 Å². The molecule has 0 unspecified atom stereocenters. The minimum atomic E-state index is -0.0590. The van der Waals surface area contributed by atoms with Gasteiger partial charge in [-0.2, -0.15) is 0 Å². The van der Waals surface area contributed by atoms with Crippen LogP contribution in [0.1, 0.15) is 29.0 Å². The molecule has 70 valence electrons. The Hall–Kier alpha value is -1.39. The molecule has 1 aromatic rings. The Morgan fingerprint density at radius 1 is 1.38 bits per heavy atom. The number of hydrogen-bond acceptors (Lipinski definition) is 4. The third kappa shape index (κ3) is 1.41. The van der Waals surface area contributed by atoms with Crippen LogP contribution in [-0.2, 0) is 0 Å². The molecule has 0 aromatic carbocycles. The van der Waals surface area contributed by atoms with Gasteiger partial charge in [0.15, 0.2) is 5.69 Å². The van der Waals surface area contributed by atoms with Gasteiger partial charge in [-0.05, 0) is 24.9 Å². The van der Waals surface area contributed by atoms with Crippen LogP contribution < -0.4 is 0 Å². The third-order valence-corrected chi connectivity index (χ3v) is 2.25. The lowest BCUT2D eigenvalue weighted by molar-refractivity contribution is 0.0781. The zero-order valence-corrected chi connectivity index (χ0v) is 7.49. The second-order valence-corrected chi connectivity index (χ2v) is 3.20. The highest BCUT2D eigenvalue weighted by Gasteiger charge is 2.24. The van der Waals surface area contributed by atoms with Gasteiger partial charge in [0.25, 0.3) is 5.91 Å². The smallest absolute Gasteiger partial charge is 0.278 e. The quantitative estimate of drug-likeness (QED) is 0.637. The number of hydrogen-bond donors (Lipinski definition) is 0. The van der Waals surface area contributed by atoms with Crippen LogP contribution in [0, 0.1) is 6.92 Å². The summed E-state index contributed by atoms with van der Waals surface area (Å²) in [6.45, 7) is 3.37. The largest absolute Gasteiger partial charge is 0.337 e. The standard InChI is InChI=1S/C8H11N3O2/c1-6-7(10-13-9-6)8(12)11-4-2-3-5-11/h2-5H2,1H3. The summed E-state index contributed by atoms with van der Waals surface area (Å²) in [6.07, 6.45) is 2.16. The van der Waals surface area contributed by atoms with Crippen LogP contribution in [0.25, 0.3) is 0 Å². The monoisotopic (exact) mass is 181 g/mol. The number of carbonyl (C=O) groups is 1. The fraction of sp³-hybridized carbons (Fsp3) is 0.625. The molecule has 1 aliphatic rings. The molecule has 0 bridgehead atoms. The summed E-state index contributed by atoms with van der Waals surface area (Å²) < 4.78 is 4.48. The topological polar surface area (TPSA) is 59.2 Å². The van der Waals surface area contributed by atoms with Gasteiger partial charge in [0.05, 0.1) is 0 Å². The molecule has 2 heterocycles. The molecule has 1 fully saturated rings. The van der Waals surface area contributed by atoms with Crippen LogP contribution in [0.5, 0.6) is 0 Å². The van der Waals surface area contributed by atoms with Gasteiger partial charge in [-0.3, -0.25) is 4.79 Å². The number of aryl methyl sites for hydroxylation is 1. The lowest BCUT2D eigenvalue weighted by Crippen LogP contribution is -2.28. The number of carbonyl (C=O) groups excluding carboxylic acids is 1. The summed E-state index contributed by atoms with van der Waals surface area (Å²) in [4.78, 5) is 13.5. The first kappa shape index (κ1) is 8.22. The number of nitrogens with zero attached hydrogens (tertiary/aromatic N) is 3. The zero-order chi connectivity index (χ0) is 9.26. The van der Waals surface area contributed by atoms with E-state index >= 15 is 0 Å². The maximum Gasteiger partial charge on any atom is 0.278 e. The summed E-state index contributed by atoms with van der Waals surface area (Å²) in [5, 5.41) is 7.16. The highest BCUT2D eigenvalue weighted by atomic mass is 16.6. The molecule has 2 rings (SSSR count).